The highest BCUT2D eigenvalue weighted by Crippen LogP contribution is 2.36. The van der Waals surface area contributed by atoms with Crippen molar-refractivity contribution in [2.75, 3.05) is 12.4 Å². The first kappa shape index (κ1) is 30.1. The molecule has 0 saturated carbocycles. The van der Waals surface area contributed by atoms with E-state index in [1.165, 1.54) is 31.2 Å². The highest BCUT2D eigenvalue weighted by molar-refractivity contribution is 7.90. The fourth-order valence-corrected chi connectivity index (χ4v) is 4.11. The molecule has 8 nitrogen and oxygen atoms in total. The third kappa shape index (κ3) is 10.4. The van der Waals surface area contributed by atoms with Crippen molar-refractivity contribution in [3.63, 3.8) is 0 Å². The van der Waals surface area contributed by atoms with Crippen LogP contribution in [0.1, 0.15) is 50.7 Å². The van der Waals surface area contributed by atoms with Gasteiger partial charge in [0.1, 0.15) is 22.3 Å². The van der Waals surface area contributed by atoms with Gasteiger partial charge in [-0.2, -0.15) is 13.2 Å². The molecule has 0 bridgehead atoms. The SMILES string of the molecule is CCCCCS(=O)(=O)NC(=O)C=Cc1ccc(OCCC(C)=O)cc1Oc1ncc(C(F)(F)F)cc1Cl. The predicted molar refractivity (Wildman–Crippen MR) is 132 cm³/mol. The molecular weight excluding hydrogens is 537 g/mol. The van der Waals surface area contributed by atoms with Crippen molar-refractivity contribution in [2.24, 2.45) is 0 Å². The number of rotatable bonds is 13. The molecule has 0 aliphatic heterocycles. The summed E-state index contributed by atoms with van der Waals surface area (Å²) in [6.07, 6.45) is 0.203. The van der Waals surface area contributed by atoms with Crippen molar-refractivity contribution in [2.45, 2.75) is 45.7 Å². The Kier molecular flexibility index (Phi) is 10.9. The largest absolute Gasteiger partial charge is 0.493 e. The van der Waals surface area contributed by atoms with E-state index in [4.69, 9.17) is 21.1 Å². The first-order chi connectivity index (χ1) is 17.3. The molecule has 1 heterocycles. The Morgan fingerprint density at radius 3 is 2.54 bits per heavy atom. The normalized spacial score (nSPS) is 11.9. The lowest BCUT2D eigenvalue weighted by molar-refractivity contribution is -0.137. The monoisotopic (exact) mass is 562 g/mol. The second-order valence-electron chi connectivity index (χ2n) is 7.94. The van der Waals surface area contributed by atoms with Crippen LogP contribution in [-0.4, -0.2) is 37.5 Å². The third-order valence-electron chi connectivity index (χ3n) is 4.74. The number of alkyl halides is 3. The highest BCUT2D eigenvalue weighted by atomic mass is 35.5. The van der Waals surface area contributed by atoms with Crippen LogP contribution >= 0.6 is 11.6 Å². The number of carbonyl (C=O) groups is 2. The zero-order chi connectivity index (χ0) is 27.6. The van der Waals surface area contributed by atoms with E-state index in [0.717, 1.165) is 12.5 Å². The number of nitrogens with one attached hydrogen (secondary N) is 1. The van der Waals surface area contributed by atoms with Crippen LogP contribution in [0.2, 0.25) is 5.02 Å². The van der Waals surface area contributed by atoms with Crippen LogP contribution in [0.15, 0.2) is 36.5 Å². The maximum atomic E-state index is 12.9. The molecule has 1 aromatic carbocycles. The summed E-state index contributed by atoms with van der Waals surface area (Å²) < 4.78 is 75.9. The minimum Gasteiger partial charge on any atom is -0.493 e. The number of nitrogens with zero attached hydrogens (tertiary/aromatic N) is 1. The smallest absolute Gasteiger partial charge is 0.417 e. The minimum atomic E-state index is -4.65. The first-order valence-electron chi connectivity index (χ1n) is 11.2. The predicted octanol–water partition coefficient (Wildman–Crippen LogP) is 5.55. The summed E-state index contributed by atoms with van der Waals surface area (Å²) in [6.45, 7) is 3.39. The summed E-state index contributed by atoms with van der Waals surface area (Å²) in [5, 5.41) is -0.413. The second-order valence-corrected chi connectivity index (χ2v) is 10.2. The molecule has 0 aliphatic carbocycles. The van der Waals surface area contributed by atoms with E-state index in [1.807, 2.05) is 11.6 Å². The summed E-state index contributed by atoms with van der Waals surface area (Å²) in [4.78, 5) is 27.0. The van der Waals surface area contributed by atoms with Gasteiger partial charge in [-0.25, -0.2) is 18.1 Å². The molecule has 0 unspecified atom stereocenters. The van der Waals surface area contributed by atoms with Gasteiger partial charge < -0.3 is 9.47 Å². The number of ketones is 1. The van der Waals surface area contributed by atoms with Gasteiger partial charge in [-0.15, -0.1) is 0 Å². The number of benzene rings is 1. The van der Waals surface area contributed by atoms with Crippen LogP contribution in [0, 0.1) is 0 Å². The molecule has 1 N–H and O–H groups in total. The maximum absolute atomic E-state index is 12.9. The lowest BCUT2D eigenvalue weighted by Gasteiger charge is -2.13. The Bertz CT molecular complexity index is 1250. The quantitative estimate of drug-likeness (QED) is 0.251. The van der Waals surface area contributed by atoms with Gasteiger partial charge in [0, 0.05) is 30.3 Å². The lowest BCUT2D eigenvalue weighted by Crippen LogP contribution is -2.31. The lowest BCUT2D eigenvalue weighted by atomic mass is 10.1. The number of sulfonamides is 1. The van der Waals surface area contributed by atoms with Gasteiger partial charge >= 0.3 is 6.18 Å². The molecule has 0 spiro atoms. The number of amides is 1. The molecule has 0 saturated heterocycles. The number of unbranched alkanes of at least 4 members (excludes halogenated alkanes) is 2. The highest BCUT2D eigenvalue weighted by Gasteiger charge is 2.32. The van der Waals surface area contributed by atoms with Crippen LogP contribution in [-0.2, 0) is 25.8 Å². The van der Waals surface area contributed by atoms with E-state index in [-0.39, 0.29) is 47.5 Å². The fourth-order valence-electron chi connectivity index (χ4n) is 2.85. The number of Topliss-reactive ketones (excluding diaryl/α,β-unsaturated/α-hetero) is 1. The van der Waals surface area contributed by atoms with E-state index < -0.39 is 32.7 Å². The van der Waals surface area contributed by atoms with Gasteiger partial charge in [0.15, 0.2) is 0 Å². The molecule has 0 atom stereocenters. The van der Waals surface area contributed by atoms with Gasteiger partial charge in [-0.3, -0.25) is 9.59 Å². The number of ether oxygens (including phenoxy) is 2. The van der Waals surface area contributed by atoms with Crippen molar-refractivity contribution < 1.29 is 40.7 Å². The van der Waals surface area contributed by atoms with Crippen molar-refractivity contribution in [3.05, 3.63) is 52.7 Å². The summed E-state index contributed by atoms with van der Waals surface area (Å²) in [5.41, 5.74) is -0.821. The molecule has 2 aromatic rings. The first-order valence-corrected chi connectivity index (χ1v) is 13.2. The standard InChI is InChI=1S/C24H26ClF3N2O6S/c1-3-4-5-12-37(33,34)30-22(32)9-7-17-6-8-19(35-11-10-16(2)31)14-21(17)36-23-20(25)13-18(15-29-23)24(26,27)28/h6-9,13-15H,3-5,10-12H2,1-2H3,(H,30,32). The molecule has 0 aliphatic rings. The number of aromatic nitrogens is 1. The summed E-state index contributed by atoms with van der Waals surface area (Å²) in [5.74, 6) is -1.25. The number of hydrogen-bond donors (Lipinski definition) is 1. The Morgan fingerprint density at radius 1 is 1.19 bits per heavy atom. The maximum Gasteiger partial charge on any atom is 0.417 e. The summed E-state index contributed by atoms with van der Waals surface area (Å²) in [7, 11) is -3.81. The van der Waals surface area contributed by atoms with Crippen LogP contribution in [0.5, 0.6) is 17.4 Å². The van der Waals surface area contributed by atoms with E-state index in [1.54, 1.807) is 0 Å². The molecule has 2 rings (SSSR count). The minimum absolute atomic E-state index is 0.00402. The van der Waals surface area contributed by atoms with E-state index in [9.17, 15) is 31.2 Å². The van der Waals surface area contributed by atoms with Crippen molar-refractivity contribution in [3.8, 4) is 17.4 Å². The Balaban J connectivity index is 2.29. The molecule has 0 fully saturated rings. The average Bonchev–Trinajstić information content (AvgIpc) is 2.78. The van der Waals surface area contributed by atoms with Gasteiger partial charge in [-0.05, 0) is 37.6 Å². The van der Waals surface area contributed by atoms with Crippen molar-refractivity contribution in [1.29, 1.82) is 0 Å². The molecule has 202 valence electrons. The second kappa shape index (κ2) is 13.4. The number of carbonyl (C=O) groups excluding carboxylic acids is 2. The van der Waals surface area contributed by atoms with Crippen LogP contribution in [0.3, 0.4) is 0 Å². The van der Waals surface area contributed by atoms with E-state index in [0.29, 0.717) is 25.1 Å². The zero-order valence-electron chi connectivity index (χ0n) is 20.1. The molecule has 1 aromatic heterocycles. The van der Waals surface area contributed by atoms with Crippen LogP contribution in [0.25, 0.3) is 6.08 Å². The van der Waals surface area contributed by atoms with Crippen molar-refractivity contribution in [1.82, 2.24) is 9.71 Å². The topological polar surface area (TPSA) is 112 Å². The van der Waals surface area contributed by atoms with Gasteiger partial charge in [-0.1, -0.05) is 31.4 Å². The summed E-state index contributed by atoms with van der Waals surface area (Å²) >= 11 is 5.94. The zero-order valence-corrected chi connectivity index (χ0v) is 21.7. The molecule has 0 radical (unpaired) electrons. The Hall–Kier alpha value is -3.12. The number of hydrogen-bond acceptors (Lipinski definition) is 7. The third-order valence-corrected chi connectivity index (χ3v) is 6.35. The molecular formula is C24H26ClF3N2O6S. The van der Waals surface area contributed by atoms with Crippen molar-refractivity contribution >= 4 is 39.4 Å². The Morgan fingerprint density at radius 2 is 1.92 bits per heavy atom. The summed E-state index contributed by atoms with van der Waals surface area (Å²) in [6, 6.07) is 5.00. The molecule has 1 amide bonds. The van der Waals surface area contributed by atoms with E-state index >= 15 is 0 Å². The van der Waals surface area contributed by atoms with Crippen LogP contribution < -0.4 is 14.2 Å². The number of halogens is 4. The van der Waals surface area contributed by atoms with Gasteiger partial charge in [0.25, 0.3) is 5.91 Å². The molecule has 13 heteroatoms. The number of pyridine rings is 1. The average molecular weight is 563 g/mol. The fraction of sp³-hybridized carbons (Fsp3) is 0.375. The Labute approximate surface area is 217 Å². The van der Waals surface area contributed by atoms with Crippen LogP contribution in [0.4, 0.5) is 13.2 Å². The van der Waals surface area contributed by atoms with E-state index in [2.05, 4.69) is 4.98 Å². The van der Waals surface area contributed by atoms with Gasteiger partial charge in [0.05, 0.1) is 17.9 Å². The van der Waals surface area contributed by atoms with Gasteiger partial charge in [0.2, 0.25) is 15.9 Å². The molecule has 37 heavy (non-hydrogen) atoms.